The van der Waals surface area contributed by atoms with Gasteiger partial charge in [0.1, 0.15) is 11.8 Å². The first-order valence-corrected chi connectivity index (χ1v) is 6.51. The van der Waals surface area contributed by atoms with Crippen molar-refractivity contribution in [1.29, 1.82) is 0 Å². The Labute approximate surface area is 125 Å². The maximum atomic E-state index is 13.3. The number of halogens is 4. The highest BCUT2D eigenvalue weighted by atomic mass is 35.5. The molecule has 0 radical (unpaired) electrons. The standard InChI is InChI=1S/C15H13ClF3NO/c1-21-11-7-8-12(16)13(9-11)20-14(15(17,18)19)10-5-3-2-4-6-10/h2-9,14,20H,1H3. The highest BCUT2D eigenvalue weighted by Gasteiger charge is 2.41. The lowest BCUT2D eigenvalue weighted by Crippen LogP contribution is -2.28. The van der Waals surface area contributed by atoms with Crippen molar-refractivity contribution < 1.29 is 17.9 Å². The Morgan fingerprint density at radius 2 is 1.76 bits per heavy atom. The summed E-state index contributed by atoms with van der Waals surface area (Å²) in [6, 6.07) is 10.3. The summed E-state index contributed by atoms with van der Waals surface area (Å²) in [6.07, 6.45) is -4.45. The van der Waals surface area contributed by atoms with E-state index in [-0.39, 0.29) is 16.3 Å². The molecule has 2 nitrogen and oxygen atoms in total. The van der Waals surface area contributed by atoms with E-state index in [2.05, 4.69) is 5.32 Å². The van der Waals surface area contributed by atoms with Gasteiger partial charge in [-0.1, -0.05) is 41.9 Å². The third-order valence-corrected chi connectivity index (χ3v) is 3.26. The molecular weight excluding hydrogens is 303 g/mol. The van der Waals surface area contributed by atoms with Gasteiger partial charge in [0.15, 0.2) is 0 Å². The first-order valence-electron chi connectivity index (χ1n) is 6.13. The molecule has 0 aliphatic heterocycles. The largest absolute Gasteiger partial charge is 0.497 e. The molecule has 0 saturated heterocycles. The number of anilines is 1. The Morgan fingerprint density at radius 1 is 1.10 bits per heavy atom. The normalized spacial score (nSPS) is 12.8. The second-order valence-corrected chi connectivity index (χ2v) is 4.78. The fourth-order valence-corrected chi connectivity index (χ4v) is 2.07. The minimum absolute atomic E-state index is 0.115. The predicted octanol–water partition coefficient (Wildman–Crippen LogP) is 5.06. The van der Waals surface area contributed by atoms with Gasteiger partial charge < -0.3 is 10.1 Å². The number of benzene rings is 2. The lowest BCUT2D eigenvalue weighted by atomic mass is 10.1. The van der Waals surface area contributed by atoms with E-state index in [4.69, 9.17) is 16.3 Å². The van der Waals surface area contributed by atoms with Crippen LogP contribution >= 0.6 is 11.6 Å². The zero-order valence-electron chi connectivity index (χ0n) is 11.1. The van der Waals surface area contributed by atoms with Crippen LogP contribution in [0.4, 0.5) is 18.9 Å². The summed E-state index contributed by atoms with van der Waals surface area (Å²) in [4.78, 5) is 0. The highest BCUT2D eigenvalue weighted by Crippen LogP contribution is 2.38. The first-order chi connectivity index (χ1) is 9.91. The van der Waals surface area contributed by atoms with E-state index in [9.17, 15) is 13.2 Å². The van der Waals surface area contributed by atoms with Crippen LogP contribution in [0.5, 0.6) is 5.75 Å². The van der Waals surface area contributed by atoms with Crippen molar-refractivity contribution in [3.8, 4) is 5.75 Å². The van der Waals surface area contributed by atoms with E-state index in [1.165, 1.54) is 31.4 Å². The molecule has 1 N–H and O–H groups in total. The van der Waals surface area contributed by atoms with Gasteiger partial charge in [0, 0.05) is 6.07 Å². The van der Waals surface area contributed by atoms with E-state index in [1.54, 1.807) is 24.3 Å². The fraction of sp³-hybridized carbons (Fsp3) is 0.200. The van der Waals surface area contributed by atoms with Crippen LogP contribution in [-0.2, 0) is 0 Å². The molecule has 1 atom stereocenters. The van der Waals surface area contributed by atoms with Crippen molar-refractivity contribution in [3.63, 3.8) is 0 Å². The quantitative estimate of drug-likeness (QED) is 0.851. The van der Waals surface area contributed by atoms with E-state index in [0.29, 0.717) is 5.75 Å². The lowest BCUT2D eigenvalue weighted by molar-refractivity contribution is -0.144. The Morgan fingerprint density at radius 3 is 2.33 bits per heavy atom. The monoisotopic (exact) mass is 315 g/mol. The second kappa shape index (κ2) is 6.26. The molecule has 0 saturated carbocycles. The second-order valence-electron chi connectivity index (χ2n) is 4.38. The number of ether oxygens (including phenoxy) is 1. The van der Waals surface area contributed by atoms with Gasteiger partial charge in [-0.2, -0.15) is 13.2 Å². The maximum absolute atomic E-state index is 13.3. The van der Waals surface area contributed by atoms with Crippen LogP contribution in [-0.4, -0.2) is 13.3 Å². The topological polar surface area (TPSA) is 21.3 Å². The summed E-state index contributed by atoms with van der Waals surface area (Å²) in [5, 5.41) is 2.64. The van der Waals surface area contributed by atoms with Gasteiger partial charge in [-0.05, 0) is 17.7 Å². The number of alkyl halides is 3. The molecule has 1 unspecified atom stereocenters. The smallest absolute Gasteiger partial charge is 0.412 e. The van der Waals surface area contributed by atoms with E-state index in [0.717, 1.165) is 0 Å². The van der Waals surface area contributed by atoms with Crippen molar-refractivity contribution in [2.45, 2.75) is 12.2 Å². The average Bonchev–Trinajstić information content (AvgIpc) is 2.46. The number of hydrogen-bond acceptors (Lipinski definition) is 2. The molecule has 0 heterocycles. The minimum Gasteiger partial charge on any atom is -0.497 e. The van der Waals surface area contributed by atoms with Gasteiger partial charge >= 0.3 is 6.18 Å². The van der Waals surface area contributed by atoms with Crippen molar-refractivity contribution in [2.24, 2.45) is 0 Å². The molecule has 0 aromatic heterocycles. The third-order valence-electron chi connectivity index (χ3n) is 2.93. The van der Waals surface area contributed by atoms with Crippen molar-refractivity contribution >= 4 is 17.3 Å². The summed E-state index contributed by atoms with van der Waals surface area (Å²) >= 11 is 5.95. The van der Waals surface area contributed by atoms with Crippen LogP contribution in [0.2, 0.25) is 5.02 Å². The molecule has 112 valence electrons. The Balaban J connectivity index is 2.36. The zero-order chi connectivity index (χ0) is 15.5. The van der Waals surface area contributed by atoms with E-state index >= 15 is 0 Å². The molecule has 0 spiro atoms. The molecule has 2 aromatic rings. The Hall–Kier alpha value is -1.88. The molecule has 0 aliphatic rings. The van der Waals surface area contributed by atoms with Gasteiger partial charge in [0.2, 0.25) is 0 Å². The van der Waals surface area contributed by atoms with Crippen LogP contribution < -0.4 is 10.1 Å². The Kier molecular flexibility index (Phi) is 4.63. The summed E-state index contributed by atoms with van der Waals surface area (Å²) in [5.41, 5.74) is 0.283. The SMILES string of the molecule is COc1ccc(Cl)c(NC(c2ccccc2)C(F)(F)F)c1. The maximum Gasteiger partial charge on any atom is 0.412 e. The van der Waals surface area contributed by atoms with Gasteiger partial charge in [0.05, 0.1) is 17.8 Å². The molecule has 0 aliphatic carbocycles. The van der Waals surface area contributed by atoms with Crippen molar-refractivity contribution in [2.75, 3.05) is 12.4 Å². The summed E-state index contributed by atoms with van der Waals surface area (Å²) in [7, 11) is 1.44. The number of methoxy groups -OCH3 is 1. The summed E-state index contributed by atoms with van der Waals surface area (Å²) < 4.78 is 44.8. The molecular formula is C15H13ClF3NO. The minimum atomic E-state index is -4.45. The fourth-order valence-electron chi connectivity index (χ4n) is 1.90. The number of rotatable bonds is 4. The van der Waals surface area contributed by atoms with Crippen LogP contribution in [0, 0.1) is 0 Å². The third kappa shape index (κ3) is 3.82. The molecule has 2 aromatic carbocycles. The van der Waals surface area contributed by atoms with Crippen LogP contribution in [0.25, 0.3) is 0 Å². The van der Waals surface area contributed by atoms with Gasteiger partial charge in [-0.25, -0.2) is 0 Å². The van der Waals surface area contributed by atoms with Crippen LogP contribution in [0.1, 0.15) is 11.6 Å². The van der Waals surface area contributed by atoms with E-state index in [1.807, 2.05) is 0 Å². The first kappa shape index (κ1) is 15.5. The van der Waals surface area contributed by atoms with E-state index < -0.39 is 12.2 Å². The van der Waals surface area contributed by atoms with Crippen LogP contribution in [0.15, 0.2) is 48.5 Å². The van der Waals surface area contributed by atoms with Gasteiger partial charge in [-0.3, -0.25) is 0 Å². The molecule has 21 heavy (non-hydrogen) atoms. The van der Waals surface area contributed by atoms with Crippen molar-refractivity contribution in [1.82, 2.24) is 0 Å². The average molecular weight is 316 g/mol. The van der Waals surface area contributed by atoms with Crippen molar-refractivity contribution in [3.05, 3.63) is 59.1 Å². The predicted molar refractivity (Wildman–Crippen MR) is 76.9 cm³/mol. The lowest BCUT2D eigenvalue weighted by Gasteiger charge is -2.24. The molecule has 2 rings (SSSR count). The molecule has 6 heteroatoms. The zero-order valence-corrected chi connectivity index (χ0v) is 11.9. The number of nitrogens with one attached hydrogen (secondary N) is 1. The van der Waals surface area contributed by atoms with Gasteiger partial charge in [0.25, 0.3) is 0 Å². The Bertz CT molecular complexity index is 602. The molecule has 0 fully saturated rings. The highest BCUT2D eigenvalue weighted by molar-refractivity contribution is 6.33. The van der Waals surface area contributed by atoms with Gasteiger partial charge in [-0.15, -0.1) is 0 Å². The number of hydrogen-bond donors (Lipinski definition) is 1. The van der Waals surface area contributed by atoms with Crippen LogP contribution in [0.3, 0.4) is 0 Å². The summed E-state index contributed by atoms with van der Waals surface area (Å²) in [6.45, 7) is 0. The summed E-state index contributed by atoms with van der Waals surface area (Å²) in [5.74, 6) is 0.427. The molecule has 0 bridgehead atoms. The molecule has 0 amide bonds.